The molecule has 3 N–H and O–H groups in total. The summed E-state index contributed by atoms with van der Waals surface area (Å²) >= 11 is 0. The number of para-hydroxylation sites is 1. The van der Waals surface area contributed by atoms with Crippen LogP contribution in [0, 0.1) is 0 Å². The number of amides is 1. The molecule has 7 heteroatoms. The minimum Gasteiger partial charge on any atom is -0.479 e. The second kappa shape index (κ2) is 6.67. The summed E-state index contributed by atoms with van der Waals surface area (Å²) in [6.07, 6.45) is 0.128. The zero-order valence-corrected chi connectivity index (χ0v) is 11.1. The molecule has 0 aliphatic heterocycles. The molecule has 2 rings (SSSR count). The Balaban J connectivity index is 1.92. The number of aliphatic hydroxyl groups excluding tert-OH is 1. The minimum absolute atomic E-state index is 0.0551. The lowest BCUT2D eigenvalue weighted by molar-refractivity contribution is -0.146. The van der Waals surface area contributed by atoms with Gasteiger partial charge in [0.15, 0.2) is 11.8 Å². The second-order valence-electron chi connectivity index (χ2n) is 4.38. The van der Waals surface area contributed by atoms with Gasteiger partial charge in [-0.3, -0.25) is 4.79 Å². The van der Waals surface area contributed by atoms with Gasteiger partial charge in [-0.2, -0.15) is 5.10 Å². The van der Waals surface area contributed by atoms with Crippen molar-refractivity contribution in [2.75, 3.05) is 6.54 Å². The Morgan fingerprint density at radius 3 is 2.62 bits per heavy atom. The molecule has 0 saturated carbocycles. The molecule has 1 atom stereocenters. The predicted octanol–water partition coefficient (Wildman–Crippen LogP) is 0.438. The number of nitrogens with zero attached hydrogens (tertiary/aromatic N) is 2. The molecule has 1 aromatic heterocycles. The number of aliphatic hydroxyl groups is 1. The Labute approximate surface area is 120 Å². The molecule has 1 heterocycles. The zero-order valence-electron chi connectivity index (χ0n) is 11.1. The molecule has 0 radical (unpaired) electrons. The smallest absolute Gasteiger partial charge is 0.332 e. The van der Waals surface area contributed by atoms with Crippen LogP contribution in [0.3, 0.4) is 0 Å². The third kappa shape index (κ3) is 3.90. The molecule has 0 unspecified atom stereocenters. The van der Waals surface area contributed by atoms with Gasteiger partial charge in [-0.1, -0.05) is 18.2 Å². The summed E-state index contributed by atoms with van der Waals surface area (Å²) < 4.78 is 1.57. The first-order chi connectivity index (χ1) is 10.1. The monoisotopic (exact) mass is 289 g/mol. The van der Waals surface area contributed by atoms with Crippen molar-refractivity contribution >= 4 is 11.9 Å². The van der Waals surface area contributed by atoms with Crippen LogP contribution in [-0.4, -0.2) is 44.5 Å². The third-order valence-corrected chi connectivity index (χ3v) is 2.83. The van der Waals surface area contributed by atoms with Gasteiger partial charge in [0.1, 0.15) is 0 Å². The molecule has 1 aromatic carbocycles. The van der Waals surface area contributed by atoms with E-state index < -0.39 is 18.0 Å². The van der Waals surface area contributed by atoms with Crippen LogP contribution < -0.4 is 5.32 Å². The number of hydrogen-bond acceptors (Lipinski definition) is 4. The molecule has 21 heavy (non-hydrogen) atoms. The molecular formula is C14H15N3O4. The Bertz CT molecular complexity index is 624. The van der Waals surface area contributed by atoms with Gasteiger partial charge in [0.25, 0.3) is 5.91 Å². The molecule has 0 spiro atoms. The Morgan fingerprint density at radius 2 is 1.95 bits per heavy atom. The van der Waals surface area contributed by atoms with Crippen LogP contribution in [0.4, 0.5) is 0 Å². The molecule has 0 aliphatic carbocycles. The van der Waals surface area contributed by atoms with Crippen molar-refractivity contribution in [1.82, 2.24) is 15.1 Å². The molecule has 1 amide bonds. The van der Waals surface area contributed by atoms with Gasteiger partial charge in [-0.25, -0.2) is 9.48 Å². The number of aliphatic carboxylic acids is 1. The highest BCUT2D eigenvalue weighted by atomic mass is 16.4. The lowest BCUT2D eigenvalue weighted by atomic mass is 10.2. The SMILES string of the molecule is O=C(NCC[C@H](O)C(=O)O)c1ccn(-c2ccccc2)n1. The first-order valence-corrected chi connectivity index (χ1v) is 6.38. The summed E-state index contributed by atoms with van der Waals surface area (Å²) in [4.78, 5) is 22.3. The van der Waals surface area contributed by atoms with E-state index in [4.69, 9.17) is 10.2 Å². The number of aromatic nitrogens is 2. The summed E-state index contributed by atoms with van der Waals surface area (Å²) in [7, 11) is 0. The fraction of sp³-hybridized carbons (Fsp3) is 0.214. The first kappa shape index (κ1) is 14.7. The van der Waals surface area contributed by atoms with Gasteiger partial charge in [-0.15, -0.1) is 0 Å². The number of rotatable bonds is 6. The summed E-state index contributed by atoms with van der Waals surface area (Å²) in [6.45, 7) is 0.0600. The topological polar surface area (TPSA) is 104 Å². The summed E-state index contributed by atoms with van der Waals surface area (Å²) in [5, 5.41) is 24.3. The van der Waals surface area contributed by atoms with E-state index in [0.29, 0.717) is 0 Å². The second-order valence-corrected chi connectivity index (χ2v) is 4.38. The van der Waals surface area contributed by atoms with Gasteiger partial charge in [0.05, 0.1) is 5.69 Å². The van der Waals surface area contributed by atoms with Crippen molar-refractivity contribution in [2.45, 2.75) is 12.5 Å². The highest BCUT2D eigenvalue weighted by Gasteiger charge is 2.14. The fourth-order valence-electron chi connectivity index (χ4n) is 1.71. The third-order valence-electron chi connectivity index (χ3n) is 2.83. The summed E-state index contributed by atoms with van der Waals surface area (Å²) in [6, 6.07) is 10.9. The van der Waals surface area contributed by atoms with Crippen LogP contribution >= 0.6 is 0 Å². The van der Waals surface area contributed by atoms with E-state index >= 15 is 0 Å². The minimum atomic E-state index is -1.48. The van der Waals surface area contributed by atoms with Crippen molar-refractivity contribution in [2.24, 2.45) is 0 Å². The first-order valence-electron chi connectivity index (χ1n) is 6.38. The normalized spacial score (nSPS) is 11.9. The predicted molar refractivity (Wildman–Crippen MR) is 74.2 cm³/mol. The van der Waals surface area contributed by atoms with Crippen LogP contribution in [0.1, 0.15) is 16.9 Å². The Morgan fingerprint density at radius 1 is 1.24 bits per heavy atom. The van der Waals surface area contributed by atoms with E-state index in [0.717, 1.165) is 5.69 Å². The van der Waals surface area contributed by atoms with E-state index in [-0.39, 0.29) is 18.7 Å². The standard InChI is InChI=1S/C14H15N3O4/c18-12(14(20)21)6-8-15-13(19)11-7-9-17(16-11)10-4-2-1-3-5-10/h1-5,7,9,12,18H,6,8H2,(H,15,19)(H,20,21)/t12-/m0/s1. The van der Waals surface area contributed by atoms with Gasteiger partial charge < -0.3 is 15.5 Å². The summed E-state index contributed by atoms with van der Waals surface area (Å²) in [5.41, 5.74) is 1.06. The average Bonchev–Trinajstić information content (AvgIpc) is 2.97. The van der Waals surface area contributed by atoms with Crippen molar-refractivity contribution in [3.8, 4) is 5.69 Å². The van der Waals surface area contributed by atoms with Crippen molar-refractivity contribution in [3.63, 3.8) is 0 Å². The highest BCUT2D eigenvalue weighted by molar-refractivity contribution is 5.92. The van der Waals surface area contributed by atoms with Crippen LogP contribution in [0.25, 0.3) is 5.69 Å². The lowest BCUT2D eigenvalue weighted by Crippen LogP contribution is -2.30. The lowest BCUT2D eigenvalue weighted by Gasteiger charge is -2.06. The Kier molecular flexibility index (Phi) is 4.68. The van der Waals surface area contributed by atoms with Crippen molar-refractivity contribution in [3.05, 3.63) is 48.3 Å². The molecule has 7 nitrogen and oxygen atoms in total. The van der Waals surface area contributed by atoms with Crippen molar-refractivity contribution < 1.29 is 19.8 Å². The van der Waals surface area contributed by atoms with Crippen molar-refractivity contribution in [1.29, 1.82) is 0 Å². The zero-order chi connectivity index (χ0) is 15.2. The number of carbonyl (C=O) groups excluding carboxylic acids is 1. The van der Waals surface area contributed by atoms with Gasteiger partial charge in [-0.05, 0) is 18.2 Å². The fourth-order valence-corrected chi connectivity index (χ4v) is 1.71. The molecule has 2 aromatic rings. The van der Waals surface area contributed by atoms with Gasteiger partial charge in [0.2, 0.25) is 0 Å². The van der Waals surface area contributed by atoms with Crippen LogP contribution in [-0.2, 0) is 4.79 Å². The maximum atomic E-state index is 11.8. The number of nitrogens with one attached hydrogen (secondary N) is 1. The maximum absolute atomic E-state index is 11.8. The number of carboxylic acids is 1. The average molecular weight is 289 g/mol. The molecule has 0 bridgehead atoms. The summed E-state index contributed by atoms with van der Waals surface area (Å²) in [5.74, 6) is -1.72. The molecule has 110 valence electrons. The molecule has 0 saturated heterocycles. The number of benzene rings is 1. The Hall–Kier alpha value is -2.67. The highest BCUT2D eigenvalue weighted by Crippen LogP contribution is 2.06. The van der Waals surface area contributed by atoms with E-state index in [9.17, 15) is 9.59 Å². The number of carbonyl (C=O) groups is 2. The molecular weight excluding hydrogens is 274 g/mol. The largest absolute Gasteiger partial charge is 0.479 e. The van der Waals surface area contributed by atoms with Gasteiger partial charge in [0, 0.05) is 19.2 Å². The van der Waals surface area contributed by atoms with Crippen LogP contribution in [0.2, 0.25) is 0 Å². The van der Waals surface area contributed by atoms with E-state index in [1.807, 2.05) is 30.3 Å². The van der Waals surface area contributed by atoms with E-state index in [2.05, 4.69) is 10.4 Å². The number of carboxylic acid groups (broad SMARTS) is 1. The van der Waals surface area contributed by atoms with Crippen LogP contribution in [0.5, 0.6) is 0 Å². The van der Waals surface area contributed by atoms with Gasteiger partial charge >= 0.3 is 5.97 Å². The quantitative estimate of drug-likeness (QED) is 0.715. The van der Waals surface area contributed by atoms with E-state index in [1.165, 1.54) is 0 Å². The molecule has 0 fully saturated rings. The number of hydrogen-bond donors (Lipinski definition) is 3. The van der Waals surface area contributed by atoms with Crippen LogP contribution in [0.15, 0.2) is 42.6 Å². The molecule has 0 aliphatic rings. The van der Waals surface area contributed by atoms with E-state index in [1.54, 1.807) is 16.9 Å². The maximum Gasteiger partial charge on any atom is 0.332 e.